The molecule has 1 saturated heterocycles. The van der Waals surface area contributed by atoms with Crippen LogP contribution in [0.15, 0.2) is 18.2 Å². The van der Waals surface area contributed by atoms with Crippen LogP contribution in [0, 0.1) is 0 Å². The molecular formula is C16H24ClN3O. The maximum absolute atomic E-state index is 11.9. The van der Waals surface area contributed by atoms with Crippen LogP contribution in [-0.4, -0.2) is 29.4 Å². The van der Waals surface area contributed by atoms with Gasteiger partial charge in [0.25, 0.3) is 0 Å². The van der Waals surface area contributed by atoms with Crippen LogP contribution in [0.1, 0.15) is 38.7 Å². The molecule has 4 nitrogen and oxygen atoms in total. The molecule has 0 unspecified atom stereocenters. The van der Waals surface area contributed by atoms with E-state index in [9.17, 15) is 4.79 Å². The van der Waals surface area contributed by atoms with E-state index in [4.69, 9.17) is 17.3 Å². The molecule has 0 atom stereocenters. The molecule has 1 aromatic carbocycles. The van der Waals surface area contributed by atoms with Crippen LogP contribution in [0.2, 0.25) is 5.02 Å². The highest BCUT2D eigenvalue weighted by Crippen LogP contribution is 2.24. The quantitative estimate of drug-likeness (QED) is 0.899. The Morgan fingerprint density at radius 2 is 2.00 bits per heavy atom. The highest BCUT2D eigenvalue weighted by molar-refractivity contribution is 6.31. The maximum atomic E-state index is 11.9. The average Bonchev–Trinajstić information content (AvgIpc) is 2.42. The number of benzene rings is 1. The van der Waals surface area contributed by atoms with Crippen molar-refractivity contribution in [3.8, 4) is 0 Å². The fourth-order valence-electron chi connectivity index (χ4n) is 2.42. The Labute approximate surface area is 131 Å². The number of hydrogen-bond acceptors (Lipinski definition) is 3. The third-order valence-corrected chi connectivity index (χ3v) is 4.10. The molecular weight excluding hydrogens is 286 g/mol. The second kappa shape index (κ2) is 6.77. The van der Waals surface area contributed by atoms with Gasteiger partial charge in [0.2, 0.25) is 5.91 Å². The fourth-order valence-corrected chi connectivity index (χ4v) is 2.60. The van der Waals surface area contributed by atoms with Gasteiger partial charge in [0.1, 0.15) is 0 Å². The fraction of sp³-hybridized carbons (Fsp3) is 0.562. The van der Waals surface area contributed by atoms with Gasteiger partial charge in [-0.25, -0.2) is 0 Å². The third-order valence-electron chi connectivity index (χ3n) is 3.73. The van der Waals surface area contributed by atoms with Crippen LogP contribution in [0.4, 0.5) is 5.69 Å². The lowest BCUT2D eigenvalue weighted by molar-refractivity contribution is -0.120. The lowest BCUT2D eigenvalue weighted by Crippen LogP contribution is -2.45. The summed E-state index contributed by atoms with van der Waals surface area (Å²) in [5, 5.41) is 3.59. The summed E-state index contributed by atoms with van der Waals surface area (Å²) in [5.41, 5.74) is 6.69. The molecule has 1 aromatic rings. The average molecular weight is 310 g/mol. The number of nitrogens with one attached hydrogen (secondary N) is 1. The van der Waals surface area contributed by atoms with E-state index in [0.29, 0.717) is 0 Å². The third kappa shape index (κ3) is 4.70. The first-order valence-corrected chi connectivity index (χ1v) is 7.85. The summed E-state index contributed by atoms with van der Waals surface area (Å²) in [4.78, 5) is 14.3. The van der Waals surface area contributed by atoms with E-state index in [-0.39, 0.29) is 5.91 Å². The van der Waals surface area contributed by atoms with E-state index in [1.165, 1.54) is 19.3 Å². The molecule has 2 rings (SSSR count). The van der Waals surface area contributed by atoms with Crippen LogP contribution >= 0.6 is 11.6 Å². The van der Waals surface area contributed by atoms with E-state index < -0.39 is 5.54 Å². The van der Waals surface area contributed by atoms with Crippen molar-refractivity contribution in [1.29, 1.82) is 0 Å². The summed E-state index contributed by atoms with van der Waals surface area (Å²) in [5.74, 6) is -0.200. The molecule has 5 heteroatoms. The second-order valence-electron chi connectivity index (χ2n) is 6.32. The van der Waals surface area contributed by atoms with Gasteiger partial charge in [-0.15, -0.1) is 0 Å². The van der Waals surface area contributed by atoms with Gasteiger partial charge in [-0.05, 0) is 63.5 Å². The minimum Gasteiger partial charge on any atom is -0.324 e. The summed E-state index contributed by atoms with van der Waals surface area (Å²) < 4.78 is 0. The monoisotopic (exact) mass is 309 g/mol. The van der Waals surface area contributed by atoms with Crippen molar-refractivity contribution < 1.29 is 4.79 Å². The molecule has 0 aromatic heterocycles. The Morgan fingerprint density at radius 3 is 2.62 bits per heavy atom. The van der Waals surface area contributed by atoms with Gasteiger partial charge < -0.3 is 11.1 Å². The first-order valence-electron chi connectivity index (χ1n) is 7.47. The van der Waals surface area contributed by atoms with Gasteiger partial charge in [0.15, 0.2) is 0 Å². The predicted octanol–water partition coefficient (Wildman–Crippen LogP) is 3.00. The Morgan fingerprint density at radius 1 is 1.33 bits per heavy atom. The van der Waals surface area contributed by atoms with Crippen molar-refractivity contribution in [3.05, 3.63) is 28.8 Å². The minimum atomic E-state index is -0.896. The van der Waals surface area contributed by atoms with Crippen molar-refractivity contribution in [3.63, 3.8) is 0 Å². The predicted molar refractivity (Wildman–Crippen MR) is 87.5 cm³/mol. The number of hydrogen-bond donors (Lipinski definition) is 2. The van der Waals surface area contributed by atoms with Crippen molar-refractivity contribution in [1.82, 2.24) is 4.90 Å². The van der Waals surface area contributed by atoms with Crippen LogP contribution < -0.4 is 11.1 Å². The van der Waals surface area contributed by atoms with Crippen molar-refractivity contribution in [2.45, 2.75) is 45.2 Å². The van der Waals surface area contributed by atoms with Gasteiger partial charge in [0, 0.05) is 17.3 Å². The van der Waals surface area contributed by atoms with Gasteiger partial charge in [-0.3, -0.25) is 9.69 Å². The molecule has 1 heterocycles. The van der Waals surface area contributed by atoms with Gasteiger partial charge in [-0.2, -0.15) is 0 Å². The highest BCUT2D eigenvalue weighted by Gasteiger charge is 2.22. The van der Waals surface area contributed by atoms with E-state index in [0.717, 1.165) is 35.9 Å². The summed E-state index contributed by atoms with van der Waals surface area (Å²) in [7, 11) is 0. The van der Waals surface area contributed by atoms with E-state index >= 15 is 0 Å². The molecule has 0 saturated carbocycles. The zero-order valence-electron chi connectivity index (χ0n) is 12.8. The number of carbonyl (C=O) groups excluding carboxylic acids is 1. The lowest BCUT2D eigenvalue weighted by atomic mass is 10.1. The number of nitrogens with two attached hydrogens (primary N) is 1. The summed E-state index contributed by atoms with van der Waals surface area (Å²) in [6.45, 7) is 6.43. The number of rotatable bonds is 4. The number of halogens is 1. The minimum absolute atomic E-state index is 0.200. The zero-order chi connectivity index (χ0) is 15.5. The lowest BCUT2D eigenvalue weighted by Gasteiger charge is -2.27. The molecule has 0 spiro atoms. The molecule has 1 aliphatic rings. The Bertz CT molecular complexity index is 505. The molecule has 116 valence electrons. The molecule has 1 amide bonds. The topological polar surface area (TPSA) is 58.4 Å². The van der Waals surface area contributed by atoms with Gasteiger partial charge >= 0.3 is 0 Å². The van der Waals surface area contributed by atoms with Crippen LogP contribution in [0.3, 0.4) is 0 Å². The molecule has 0 radical (unpaired) electrons. The summed E-state index contributed by atoms with van der Waals surface area (Å²) >= 11 is 6.28. The highest BCUT2D eigenvalue weighted by atomic mass is 35.5. The number of likely N-dealkylation sites (tertiary alicyclic amines) is 1. The Kier molecular flexibility index (Phi) is 5.25. The van der Waals surface area contributed by atoms with Gasteiger partial charge in [-0.1, -0.05) is 18.0 Å². The van der Waals surface area contributed by atoms with Crippen molar-refractivity contribution in [2.24, 2.45) is 5.73 Å². The standard InChI is InChI=1S/C16H24ClN3O/c1-16(2,18)15(21)19-13-6-7-14(17)12(10-13)11-20-8-4-3-5-9-20/h6-7,10H,3-5,8-9,11,18H2,1-2H3,(H,19,21). The van der Waals surface area contributed by atoms with E-state index in [1.807, 2.05) is 18.2 Å². The number of piperidine rings is 1. The smallest absolute Gasteiger partial charge is 0.243 e. The largest absolute Gasteiger partial charge is 0.324 e. The molecule has 1 aliphatic heterocycles. The first-order chi connectivity index (χ1) is 9.86. The summed E-state index contributed by atoms with van der Waals surface area (Å²) in [6.07, 6.45) is 3.80. The molecule has 0 aliphatic carbocycles. The van der Waals surface area contributed by atoms with E-state index in [1.54, 1.807) is 13.8 Å². The van der Waals surface area contributed by atoms with E-state index in [2.05, 4.69) is 10.2 Å². The SMILES string of the molecule is CC(C)(N)C(=O)Nc1ccc(Cl)c(CN2CCCCC2)c1. The van der Waals surface area contributed by atoms with Crippen LogP contribution in [0.5, 0.6) is 0 Å². The molecule has 21 heavy (non-hydrogen) atoms. The summed E-state index contributed by atoms with van der Waals surface area (Å²) in [6, 6.07) is 5.59. The molecule has 0 bridgehead atoms. The van der Waals surface area contributed by atoms with Gasteiger partial charge in [0.05, 0.1) is 5.54 Å². The number of carbonyl (C=O) groups is 1. The first kappa shape index (κ1) is 16.3. The maximum Gasteiger partial charge on any atom is 0.243 e. The normalized spacial score (nSPS) is 16.8. The molecule has 1 fully saturated rings. The molecule has 3 N–H and O–H groups in total. The second-order valence-corrected chi connectivity index (χ2v) is 6.73. The Balaban J connectivity index is 2.07. The van der Waals surface area contributed by atoms with Crippen molar-refractivity contribution >= 4 is 23.2 Å². The zero-order valence-corrected chi connectivity index (χ0v) is 13.5. The number of nitrogens with zero attached hydrogens (tertiary/aromatic N) is 1. The van der Waals surface area contributed by atoms with Crippen molar-refractivity contribution in [2.75, 3.05) is 18.4 Å². The number of amides is 1. The Hall–Kier alpha value is -1.10. The van der Waals surface area contributed by atoms with Crippen LogP contribution in [0.25, 0.3) is 0 Å². The number of anilines is 1. The van der Waals surface area contributed by atoms with Crippen LogP contribution in [-0.2, 0) is 11.3 Å².